The van der Waals surface area contributed by atoms with Gasteiger partial charge in [0.1, 0.15) is 13.2 Å². The van der Waals surface area contributed by atoms with Crippen LogP contribution in [0.2, 0.25) is 0 Å². The van der Waals surface area contributed by atoms with Crippen molar-refractivity contribution in [3.05, 3.63) is 36.5 Å². The molecule has 0 aromatic rings. The van der Waals surface area contributed by atoms with Gasteiger partial charge in [-0.25, -0.2) is 0 Å². The number of hydrogen-bond acceptors (Lipinski definition) is 6. The summed E-state index contributed by atoms with van der Waals surface area (Å²) in [4.78, 5) is 37.6. The molecule has 0 spiro atoms. The van der Waals surface area contributed by atoms with Gasteiger partial charge in [-0.05, 0) is 51.4 Å². The Kier molecular flexibility index (Phi) is 39.5. The highest BCUT2D eigenvalue weighted by Crippen LogP contribution is 2.14. The number of carbonyl (C=O) groups is 3. The van der Waals surface area contributed by atoms with Gasteiger partial charge in [-0.3, -0.25) is 14.4 Å². The van der Waals surface area contributed by atoms with Crippen LogP contribution in [0, 0.1) is 0 Å². The zero-order chi connectivity index (χ0) is 38.0. The van der Waals surface area contributed by atoms with Crippen molar-refractivity contribution >= 4 is 17.9 Å². The molecule has 0 fully saturated rings. The highest BCUT2D eigenvalue weighted by molar-refractivity contribution is 5.71. The first-order valence-electron chi connectivity index (χ1n) is 22.0. The molecule has 0 radical (unpaired) electrons. The molecule has 0 amide bonds. The standard InChI is InChI=1S/C46H82O6/c1-4-7-10-13-16-19-21-23-25-27-30-33-36-39-45(48)51-42-43(41-50-44(47)38-35-32-29-18-15-12-9-6-3)52-46(49)40-37-34-31-28-26-24-22-20-17-14-11-8-5-2/h7,10,16,19,23,25,43H,4-6,8-9,11-15,17-18,20-22,24,26-42H2,1-3H3/b10-7-,19-16-,25-23-. The number of esters is 3. The van der Waals surface area contributed by atoms with E-state index in [1.54, 1.807) is 0 Å². The molecule has 1 unspecified atom stereocenters. The molecule has 6 nitrogen and oxygen atoms in total. The summed E-state index contributed by atoms with van der Waals surface area (Å²) in [7, 11) is 0. The third-order valence-electron chi connectivity index (χ3n) is 9.41. The minimum atomic E-state index is -0.775. The average Bonchev–Trinajstić information content (AvgIpc) is 3.14. The number of ether oxygens (including phenoxy) is 3. The van der Waals surface area contributed by atoms with E-state index in [0.29, 0.717) is 19.3 Å². The molecule has 52 heavy (non-hydrogen) atoms. The molecule has 1 atom stereocenters. The molecule has 0 aromatic heterocycles. The van der Waals surface area contributed by atoms with E-state index >= 15 is 0 Å². The monoisotopic (exact) mass is 731 g/mol. The summed E-state index contributed by atoms with van der Waals surface area (Å²) in [6.07, 6.45) is 45.6. The molecule has 6 heteroatoms. The Morgan fingerprint density at radius 3 is 1.17 bits per heavy atom. The van der Waals surface area contributed by atoms with Crippen molar-refractivity contribution in [3.8, 4) is 0 Å². The average molecular weight is 731 g/mol. The Hall–Kier alpha value is -2.37. The molecule has 302 valence electrons. The van der Waals surface area contributed by atoms with Crippen LogP contribution in [-0.2, 0) is 28.6 Å². The molecule has 0 bridgehead atoms. The summed E-state index contributed by atoms with van der Waals surface area (Å²) >= 11 is 0. The smallest absolute Gasteiger partial charge is 0.306 e. The van der Waals surface area contributed by atoms with E-state index in [1.165, 1.54) is 96.3 Å². The van der Waals surface area contributed by atoms with Crippen LogP contribution in [0.3, 0.4) is 0 Å². The van der Waals surface area contributed by atoms with Gasteiger partial charge in [0.2, 0.25) is 0 Å². The van der Waals surface area contributed by atoms with E-state index in [9.17, 15) is 14.4 Å². The first kappa shape index (κ1) is 49.6. The van der Waals surface area contributed by atoms with Crippen LogP contribution >= 0.6 is 0 Å². The molecule has 0 saturated carbocycles. The van der Waals surface area contributed by atoms with Crippen LogP contribution in [0.25, 0.3) is 0 Å². The Balaban J connectivity index is 4.38. The third kappa shape index (κ3) is 38.9. The van der Waals surface area contributed by atoms with Crippen LogP contribution in [0.1, 0.15) is 220 Å². The third-order valence-corrected chi connectivity index (χ3v) is 9.41. The number of allylic oxidation sites excluding steroid dienone is 6. The molecular formula is C46H82O6. The second-order valence-electron chi connectivity index (χ2n) is 14.6. The summed E-state index contributed by atoms with van der Waals surface area (Å²) < 4.78 is 16.6. The molecule has 0 saturated heterocycles. The fraction of sp³-hybridized carbons (Fsp3) is 0.804. The fourth-order valence-electron chi connectivity index (χ4n) is 6.10. The minimum absolute atomic E-state index is 0.0789. The highest BCUT2D eigenvalue weighted by atomic mass is 16.6. The lowest BCUT2D eigenvalue weighted by molar-refractivity contribution is -0.167. The first-order chi connectivity index (χ1) is 25.5. The van der Waals surface area contributed by atoms with Crippen molar-refractivity contribution in [1.29, 1.82) is 0 Å². The maximum absolute atomic E-state index is 12.7. The Morgan fingerprint density at radius 1 is 0.404 bits per heavy atom. The van der Waals surface area contributed by atoms with Crippen LogP contribution in [0.15, 0.2) is 36.5 Å². The molecule has 0 aliphatic carbocycles. The summed E-state index contributed by atoms with van der Waals surface area (Å²) in [5.41, 5.74) is 0. The zero-order valence-corrected chi connectivity index (χ0v) is 34.3. The lowest BCUT2D eigenvalue weighted by Crippen LogP contribution is -2.30. The van der Waals surface area contributed by atoms with Crippen LogP contribution in [0.4, 0.5) is 0 Å². The fourth-order valence-corrected chi connectivity index (χ4v) is 6.10. The van der Waals surface area contributed by atoms with Crippen molar-refractivity contribution in [2.24, 2.45) is 0 Å². The second-order valence-corrected chi connectivity index (χ2v) is 14.6. The molecule has 0 aliphatic rings. The Morgan fingerprint density at radius 2 is 0.750 bits per heavy atom. The van der Waals surface area contributed by atoms with Gasteiger partial charge < -0.3 is 14.2 Å². The van der Waals surface area contributed by atoms with Crippen LogP contribution in [-0.4, -0.2) is 37.2 Å². The quantitative estimate of drug-likeness (QED) is 0.0271. The Bertz CT molecular complexity index is 891. The minimum Gasteiger partial charge on any atom is -0.462 e. The summed E-state index contributed by atoms with van der Waals surface area (Å²) in [5.74, 6) is -0.912. The molecule has 0 heterocycles. The SMILES string of the molecule is CC/C=C\C/C=C\C/C=C\CCCCCC(=O)OCC(COC(=O)CCCCCCCCCC)OC(=O)CCCCCCCCCCCCCCC. The van der Waals surface area contributed by atoms with Crippen LogP contribution in [0.5, 0.6) is 0 Å². The van der Waals surface area contributed by atoms with Gasteiger partial charge in [0.25, 0.3) is 0 Å². The number of unbranched alkanes of at least 4 members (excludes halogenated alkanes) is 22. The van der Waals surface area contributed by atoms with Gasteiger partial charge in [0.15, 0.2) is 6.10 Å². The lowest BCUT2D eigenvalue weighted by atomic mass is 10.0. The summed E-state index contributed by atoms with van der Waals surface area (Å²) in [6, 6.07) is 0. The van der Waals surface area contributed by atoms with Gasteiger partial charge >= 0.3 is 17.9 Å². The highest BCUT2D eigenvalue weighted by Gasteiger charge is 2.19. The van der Waals surface area contributed by atoms with Gasteiger partial charge in [0.05, 0.1) is 0 Å². The van der Waals surface area contributed by atoms with Crippen molar-refractivity contribution in [2.75, 3.05) is 13.2 Å². The maximum Gasteiger partial charge on any atom is 0.306 e. The van der Waals surface area contributed by atoms with E-state index in [1.807, 2.05) is 0 Å². The normalized spacial score (nSPS) is 12.3. The predicted molar refractivity (Wildman–Crippen MR) is 219 cm³/mol. The number of hydrogen-bond donors (Lipinski definition) is 0. The summed E-state index contributed by atoms with van der Waals surface area (Å²) in [5, 5.41) is 0. The topological polar surface area (TPSA) is 78.9 Å². The van der Waals surface area contributed by atoms with Crippen molar-refractivity contribution in [1.82, 2.24) is 0 Å². The molecule has 0 aromatic carbocycles. The number of rotatable bonds is 39. The van der Waals surface area contributed by atoms with E-state index in [4.69, 9.17) is 14.2 Å². The van der Waals surface area contributed by atoms with Gasteiger partial charge in [-0.2, -0.15) is 0 Å². The molecular weight excluding hydrogens is 648 g/mol. The van der Waals surface area contributed by atoms with Crippen molar-refractivity contribution in [3.63, 3.8) is 0 Å². The number of carbonyl (C=O) groups excluding carboxylic acids is 3. The second kappa shape index (κ2) is 41.4. The predicted octanol–water partition coefficient (Wildman–Crippen LogP) is 13.8. The van der Waals surface area contributed by atoms with E-state index in [-0.39, 0.29) is 31.1 Å². The maximum atomic E-state index is 12.7. The Labute approximate surface area is 321 Å². The van der Waals surface area contributed by atoms with E-state index in [2.05, 4.69) is 57.2 Å². The zero-order valence-electron chi connectivity index (χ0n) is 34.3. The first-order valence-corrected chi connectivity index (χ1v) is 22.0. The molecule has 0 rings (SSSR count). The van der Waals surface area contributed by atoms with Gasteiger partial charge in [0, 0.05) is 19.3 Å². The molecule has 0 aliphatic heterocycles. The van der Waals surface area contributed by atoms with E-state index < -0.39 is 6.10 Å². The lowest BCUT2D eigenvalue weighted by Gasteiger charge is -2.18. The van der Waals surface area contributed by atoms with Gasteiger partial charge in [-0.15, -0.1) is 0 Å². The van der Waals surface area contributed by atoms with Crippen molar-refractivity contribution < 1.29 is 28.6 Å². The van der Waals surface area contributed by atoms with Crippen LogP contribution < -0.4 is 0 Å². The van der Waals surface area contributed by atoms with Crippen molar-refractivity contribution in [2.45, 2.75) is 226 Å². The largest absolute Gasteiger partial charge is 0.462 e. The van der Waals surface area contributed by atoms with E-state index in [0.717, 1.165) is 83.5 Å². The summed E-state index contributed by atoms with van der Waals surface area (Å²) in [6.45, 7) is 6.46. The molecule has 0 N–H and O–H groups in total. The van der Waals surface area contributed by atoms with Gasteiger partial charge in [-0.1, -0.05) is 186 Å².